The van der Waals surface area contributed by atoms with Crippen LogP contribution in [-0.2, 0) is 5.75 Å². The van der Waals surface area contributed by atoms with Gasteiger partial charge in [0.15, 0.2) is 0 Å². The summed E-state index contributed by atoms with van der Waals surface area (Å²) >= 11 is 3.94. The van der Waals surface area contributed by atoms with Gasteiger partial charge in [-0.05, 0) is 47.6 Å². The standard InChI is InChI=1S/C11H15IN2OS/c1-2-5-16-6-8-13-10(7-3-4-7)9(12)11(15)14-8/h7H,2-6H2,1H3,(H,13,14,15). The van der Waals surface area contributed by atoms with E-state index in [0.29, 0.717) is 5.92 Å². The molecule has 1 heterocycles. The van der Waals surface area contributed by atoms with E-state index in [1.165, 1.54) is 12.8 Å². The summed E-state index contributed by atoms with van der Waals surface area (Å²) in [5.41, 5.74) is 1.06. The molecule has 88 valence electrons. The highest BCUT2D eigenvalue weighted by Gasteiger charge is 2.28. The number of thioether (sulfide) groups is 1. The van der Waals surface area contributed by atoms with Crippen LogP contribution < -0.4 is 5.56 Å². The molecule has 1 aliphatic carbocycles. The molecule has 16 heavy (non-hydrogen) atoms. The van der Waals surface area contributed by atoms with Crippen molar-refractivity contribution in [2.45, 2.75) is 37.9 Å². The zero-order valence-corrected chi connectivity index (χ0v) is 12.2. The van der Waals surface area contributed by atoms with Gasteiger partial charge in [-0.3, -0.25) is 4.79 Å². The first-order chi connectivity index (χ1) is 7.72. The molecule has 1 aromatic rings. The summed E-state index contributed by atoms with van der Waals surface area (Å²) in [6.07, 6.45) is 3.54. The van der Waals surface area contributed by atoms with Gasteiger partial charge >= 0.3 is 0 Å². The van der Waals surface area contributed by atoms with Gasteiger partial charge in [0.05, 0.1) is 15.0 Å². The first kappa shape index (κ1) is 12.4. The Balaban J connectivity index is 2.16. The van der Waals surface area contributed by atoms with Gasteiger partial charge in [-0.1, -0.05) is 6.92 Å². The molecule has 0 aliphatic heterocycles. The highest BCUT2D eigenvalue weighted by molar-refractivity contribution is 14.1. The monoisotopic (exact) mass is 350 g/mol. The van der Waals surface area contributed by atoms with E-state index >= 15 is 0 Å². The summed E-state index contributed by atoms with van der Waals surface area (Å²) in [6.45, 7) is 2.16. The lowest BCUT2D eigenvalue weighted by molar-refractivity contribution is 0.897. The van der Waals surface area contributed by atoms with E-state index in [4.69, 9.17) is 0 Å². The number of hydrogen-bond acceptors (Lipinski definition) is 3. The molecule has 1 aliphatic rings. The van der Waals surface area contributed by atoms with Crippen molar-refractivity contribution < 1.29 is 0 Å². The summed E-state index contributed by atoms with van der Waals surface area (Å²) in [7, 11) is 0. The van der Waals surface area contributed by atoms with Crippen molar-refractivity contribution in [3.8, 4) is 0 Å². The fourth-order valence-corrected chi connectivity index (χ4v) is 2.99. The molecule has 3 nitrogen and oxygen atoms in total. The van der Waals surface area contributed by atoms with E-state index in [1.807, 2.05) is 11.8 Å². The molecule has 5 heteroatoms. The van der Waals surface area contributed by atoms with E-state index in [1.54, 1.807) is 0 Å². The third-order valence-corrected chi connectivity index (χ3v) is 4.71. The fourth-order valence-electron chi connectivity index (χ4n) is 1.53. The largest absolute Gasteiger partial charge is 0.309 e. The number of aromatic amines is 1. The molecule has 0 aromatic carbocycles. The number of hydrogen-bond donors (Lipinski definition) is 1. The summed E-state index contributed by atoms with van der Waals surface area (Å²) in [5.74, 6) is 3.32. The molecule has 0 atom stereocenters. The average molecular weight is 350 g/mol. The Morgan fingerprint density at radius 3 is 2.94 bits per heavy atom. The second-order valence-electron chi connectivity index (χ2n) is 4.04. The summed E-state index contributed by atoms with van der Waals surface area (Å²) in [6, 6.07) is 0. The molecule has 0 amide bonds. The Morgan fingerprint density at radius 1 is 1.56 bits per heavy atom. The minimum absolute atomic E-state index is 0.0320. The zero-order chi connectivity index (χ0) is 11.5. The van der Waals surface area contributed by atoms with Gasteiger partial charge in [0.1, 0.15) is 5.82 Å². The molecular formula is C11H15IN2OS. The van der Waals surface area contributed by atoms with E-state index in [2.05, 4.69) is 39.5 Å². The van der Waals surface area contributed by atoms with Gasteiger partial charge < -0.3 is 4.98 Å². The Bertz CT molecular complexity index is 428. The van der Waals surface area contributed by atoms with Crippen molar-refractivity contribution in [2.24, 2.45) is 0 Å². The van der Waals surface area contributed by atoms with E-state index in [9.17, 15) is 4.79 Å². The Labute approximate surface area is 113 Å². The van der Waals surface area contributed by atoms with Crippen LogP contribution in [0, 0.1) is 3.57 Å². The number of H-pyrrole nitrogens is 1. The summed E-state index contributed by atoms with van der Waals surface area (Å²) < 4.78 is 0.782. The van der Waals surface area contributed by atoms with Gasteiger partial charge in [-0.15, -0.1) is 0 Å². The zero-order valence-electron chi connectivity index (χ0n) is 9.25. The SMILES string of the molecule is CCCSCc1nc(C2CC2)c(I)c(=O)[nH]1. The first-order valence-corrected chi connectivity index (χ1v) is 7.82. The fraction of sp³-hybridized carbons (Fsp3) is 0.636. The minimum atomic E-state index is 0.0320. The minimum Gasteiger partial charge on any atom is -0.309 e. The van der Waals surface area contributed by atoms with Crippen LogP contribution in [0.1, 0.15) is 43.6 Å². The van der Waals surface area contributed by atoms with Crippen LogP contribution in [-0.4, -0.2) is 15.7 Å². The Morgan fingerprint density at radius 2 is 2.31 bits per heavy atom. The van der Waals surface area contributed by atoms with Crippen LogP contribution in [0.2, 0.25) is 0 Å². The molecule has 1 N–H and O–H groups in total. The number of halogens is 1. The first-order valence-electron chi connectivity index (χ1n) is 5.58. The van der Waals surface area contributed by atoms with Crippen LogP contribution >= 0.6 is 34.4 Å². The lowest BCUT2D eigenvalue weighted by Gasteiger charge is -2.05. The van der Waals surface area contributed by atoms with Gasteiger partial charge in [0, 0.05) is 5.92 Å². The molecule has 0 unspecified atom stereocenters. The highest BCUT2D eigenvalue weighted by Crippen LogP contribution is 2.40. The second kappa shape index (κ2) is 5.53. The summed E-state index contributed by atoms with van der Waals surface area (Å²) in [5, 5.41) is 0. The Hall–Kier alpha value is -0.0400. The lowest BCUT2D eigenvalue weighted by atomic mass is 10.3. The molecule has 0 bridgehead atoms. The normalized spacial score (nSPS) is 15.4. The van der Waals surface area contributed by atoms with Gasteiger partial charge in [-0.25, -0.2) is 4.98 Å². The summed E-state index contributed by atoms with van der Waals surface area (Å²) in [4.78, 5) is 19.2. The predicted molar refractivity (Wildman–Crippen MR) is 76.0 cm³/mol. The van der Waals surface area contributed by atoms with Crippen molar-refractivity contribution >= 4 is 34.4 Å². The number of aromatic nitrogens is 2. The van der Waals surface area contributed by atoms with Crippen LogP contribution in [0.25, 0.3) is 0 Å². The van der Waals surface area contributed by atoms with Crippen LogP contribution in [0.3, 0.4) is 0 Å². The van der Waals surface area contributed by atoms with Gasteiger partial charge in [0.25, 0.3) is 5.56 Å². The highest BCUT2D eigenvalue weighted by atomic mass is 127. The number of nitrogens with zero attached hydrogens (tertiary/aromatic N) is 1. The molecule has 1 fully saturated rings. The van der Waals surface area contributed by atoms with Crippen molar-refractivity contribution in [3.63, 3.8) is 0 Å². The number of rotatable bonds is 5. The van der Waals surface area contributed by atoms with E-state index < -0.39 is 0 Å². The van der Waals surface area contributed by atoms with E-state index in [0.717, 1.165) is 33.0 Å². The Kier molecular flexibility index (Phi) is 4.29. The lowest BCUT2D eigenvalue weighted by Crippen LogP contribution is -2.17. The van der Waals surface area contributed by atoms with Crippen molar-refractivity contribution in [1.82, 2.24) is 9.97 Å². The van der Waals surface area contributed by atoms with Crippen LogP contribution in [0.4, 0.5) is 0 Å². The predicted octanol–water partition coefficient (Wildman–Crippen LogP) is 2.90. The second-order valence-corrected chi connectivity index (χ2v) is 6.22. The van der Waals surface area contributed by atoms with Crippen LogP contribution in [0.5, 0.6) is 0 Å². The van der Waals surface area contributed by atoms with Gasteiger partial charge in [0.2, 0.25) is 0 Å². The van der Waals surface area contributed by atoms with Crippen molar-refractivity contribution in [3.05, 3.63) is 25.4 Å². The molecule has 0 spiro atoms. The van der Waals surface area contributed by atoms with Gasteiger partial charge in [-0.2, -0.15) is 11.8 Å². The molecule has 2 rings (SSSR count). The average Bonchev–Trinajstić information content (AvgIpc) is 3.07. The topological polar surface area (TPSA) is 45.8 Å². The molecule has 1 aromatic heterocycles. The molecule has 0 radical (unpaired) electrons. The molecule has 1 saturated carbocycles. The van der Waals surface area contributed by atoms with Crippen molar-refractivity contribution in [2.75, 3.05) is 5.75 Å². The third kappa shape index (κ3) is 3.00. The van der Waals surface area contributed by atoms with Crippen molar-refractivity contribution in [1.29, 1.82) is 0 Å². The maximum absolute atomic E-state index is 11.7. The molecule has 0 saturated heterocycles. The third-order valence-electron chi connectivity index (χ3n) is 2.49. The molecular weight excluding hydrogens is 335 g/mol. The smallest absolute Gasteiger partial charge is 0.264 e. The number of nitrogens with one attached hydrogen (secondary N) is 1. The van der Waals surface area contributed by atoms with E-state index in [-0.39, 0.29) is 5.56 Å². The van der Waals surface area contributed by atoms with Crippen LogP contribution in [0.15, 0.2) is 4.79 Å². The maximum Gasteiger partial charge on any atom is 0.264 e. The quantitative estimate of drug-likeness (QED) is 0.656. The maximum atomic E-state index is 11.7.